The van der Waals surface area contributed by atoms with Crippen molar-refractivity contribution in [3.63, 3.8) is 0 Å². The van der Waals surface area contributed by atoms with Crippen LogP contribution in [0.5, 0.6) is 0 Å². The third-order valence-electron chi connectivity index (χ3n) is 5.69. The first kappa shape index (κ1) is 23.3. The number of anilines is 1. The molecule has 3 aromatic carbocycles. The standard InChI is InChI=1S/C28H21N3O4S/c1-18-15-23(19(2)24(16-18)31(33)34)25-14-13-22(35-25)17-26-27(32)30(21-11-7-4-8-12-21)28(36-26)29-20-9-5-3-6-10-20/h3-17H,1-2H3/b26-17-,29-28?. The van der Waals surface area contributed by atoms with Crippen LogP contribution in [0.3, 0.4) is 0 Å². The van der Waals surface area contributed by atoms with E-state index in [1.54, 1.807) is 43.0 Å². The summed E-state index contributed by atoms with van der Waals surface area (Å²) in [5, 5.41) is 12.0. The Kier molecular flexibility index (Phi) is 6.26. The molecule has 0 atom stereocenters. The van der Waals surface area contributed by atoms with E-state index < -0.39 is 4.92 Å². The number of furan rings is 1. The van der Waals surface area contributed by atoms with E-state index in [9.17, 15) is 14.9 Å². The normalized spacial score (nSPS) is 15.7. The lowest BCUT2D eigenvalue weighted by Gasteiger charge is -2.15. The zero-order valence-electron chi connectivity index (χ0n) is 19.5. The van der Waals surface area contributed by atoms with Crippen molar-refractivity contribution < 1.29 is 14.1 Å². The molecule has 1 amide bonds. The van der Waals surface area contributed by atoms with Gasteiger partial charge in [0.1, 0.15) is 11.5 Å². The maximum Gasteiger partial charge on any atom is 0.273 e. The van der Waals surface area contributed by atoms with Crippen molar-refractivity contribution in [2.75, 3.05) is 4.90 Å². The van der Waals surface area contributed by atoms with Gasteiger partial charge in [0.25, 0.3) is 11.6 Å². The number of nitrogens with zero attached hydrogens (tertiary/aromatic N) is 3. The molecule has 0 bridgehead atoms. The number of amides is 1. The van der Waals surface area contributed by atoms with E-state index in [2.05, 4.69) is 0 Å². The number of amidine groups is 1. The topological polar surface area (TPSA) is 89.0 Å². The second-order valence-corrected chi connectivity index (χ2v) is 9.24. The smallest absolute Gasteiger partial charge is 0.273 e. The van der Waals surface area contributed by atoms with Gasteiger partial charge in [-0.2, -0.15) is 0 Å². The van der Waals surface area contributed by atoms with Gasteiger partial charge in [-0.25, -0.2) is 4.99 Å². The fourth-order valence-corrected chi connectivity index (χ4v) is 4.94. The number of hydrogen-bond acceptors (Lipinski definition) is 6. The molecule has 1 aliphatic rings. The van der Waals surface area contributed by atoms with Crippen LogP contribution in [0.15, 0.2) is 99.2 Å². The van der Waals surface area contributed by atoms with Crippen LogP contribution in [0.2, 0.25) is 0 Å². The molecule has 178 valence electrons. The van der Waals surface area contributed by atoms with Crippen LogP contribution >= 0.6 is 11.8 Å². The first-order valence-electron chi connectivity index (χ1n) is 11.2. The van der Waals surface area contributed by atoms with Crippen molar-refractivity contribution in [3.8, 4) is 11.3 Å². The highest BCUT2D eigenvalue weighted by molar-refractivity contribution is 8.19. The van der Waals surface area contributed by atoms with Crippen LogP contribution in [0.1, 0.15) is 16.9 Å². The molecule has 0 radical (unpaired) electrons. The predicted octanol–water partition coefficient (Wildman–Crippen LogP) is 7.28. The van der Waals surface area contributed by atoms with Gasteiger partial charge in [0, 0.05) is 23.3 Å². The van der Waals surface area contributed by atoms with E-state index in [1.807, 2.05) is 66.7 Å². The lowest BCUT2D eigenvalue weighted by molar-refractivity contribution is -0.385. The third-order valence-corrected chi connectivity index (χ3v) is 6.66. The van der Waals surface area contributed by atoms with E-state index in [1.165, 1.54) is 11.8 Å². The fraction of sp³-hybridized carbons (Fsp3) is 0.0714. The molecule has 0 aliphatic carbocycles. The first-order valence-corrected chi connectivity index (χ1v) is 12.0. The molecule has 0 unspecified atom stereocenters. The minimum absolute atomic E-state index is 0.0445. The molecule has 2 heterocycles. The zero-order chi connectivity index (χ0) is 25.2. The summed E-state index contributed by atoms with van der Waals surface area (Å²) in [6, 6.07) is 25.7. The first-order chi connectivity index (χ1) is 17.4. The van der Waals surface area contributed by atoms with Gasteiger partial charge in [-0.15, -0.1) is 0 Å². The number of hydrogen-bond donors (Lipinski definition) is 0. The molecule has 1 fully saturated rings. The highest BCUT2D eigenvalue weighted by Gasteiger charge is 2.35. The van der Waals surface area contributed by atoms with Crippen LogP contribution in [0.25, 0.3) is 17.4 Å². The van der Waals surface area contributed by atoms with Gasteiger partial charge in [0.05, 0.1) is 21.2 Å². The number of carbonyl (C=O) groups excluding carboxylic acids is 1. The average molecular weight is 496 g/mol. The molecule has 0 N–H and O–H groups in total. The molecular formula is C28H21N3O4S. The highest BCUT2D eigenvalue weighted by atomic mass is 32.2. The van der Waals surface area contributed by atoms with Gasteiger partial charge in [-0.05, 0) is 73.6 Å². The molecule has 0 saturated carbocycles. The van der Waals surface area contributed by atoms with E-state index in [-0.39, 0.29) is 11.6 Å². The second kappa shape index (κ2) is 9.67. The van der Waals surface area contributed by atoms with Crippen molar-refractivity contribution in [3.05, 3.63) is 117 Å². The van der Waals surface area contributed by atoms with Gasteiger partial charge in [-0.3, -0.25) is 19.8 Å². The van der Waals surface area contributed by atoms with Gasteiger partial charge in [0.2, 0.25) is 0 Å². The van der Waals surface area contributed by atoms with E-state index in [0.29, 0.717) is 32.7 Å². The SMILES string of the molecule is Cc1cc(-c2ccc(/C=C3\SC(=Nc4ccccc4)N(c4ccccc4)C3=O)o2)c(C)c([N+](=O)[O-])c1. The summed E-state index contributed by atoms with van der Waals surface area (Å²) in [5.74, 6) is 0.763. The van der Waals surface area contributed by atoms with E-state index >= 15 is 0 Å². The number of aryl methyl sites for hydroxylation is 1. The summed E-state index contributed by atoms with van der Waals surface area (Å²) in [4.78, 5) is 31.3. The number of para-hydroxylation sites is 2. The molecule has 1 saturated heterocycles. The van der Waals surface area contributed by atoms with Crippen LogP contribution < -0.4 is 4.90 Å². The number of rotatable bonds is 5. The second-order valence-electron chi connectivity index (χ2n) is 8.23. The maximum atomic E-state index is 13.4. The Hall–Kier alpha value is -4.43. The summed E-state index contributed by atoms with van der Waals surface area (Å²) in [6.45, 7) is 3.51. The summed E-state index contributed by atoms with van der Waals surface area (Å²) >= 11 is 1.27. The predicted molar refractivity (Wildman–Crippen MR) is 143 cm³/mol. The van der Waals surface area contributed by atoms with E-state index in [4.69, 9.17) is 9.41 Å². The maximum absolute atomic E-state index is 13.4. The molecule has 7 nitrogen and oxygen atoms in total. The molecular weight excluding hydrogens is 474 g/mol. The summed E-state index contributed by atoms with van der Waals surface area (Å²) < 4.78 is 6.02. The fourth-order valence-electron chi connectivity index (χ4n) is 3.96. The zero-order valence-corrected chi connectivity index (χ0v) is 20.4. The molecule has 0 spiro atoms. The largest absolute Gasteiger partial charge is 0.457 e. The Labute approximate surface area is 211 Å². The average Bonchev–Trinajstić information content (AvgIpc) is 3.46. The van der Waals surface area contributed by atoms with Crippen LogP contribution in [0.4, 0.5) is 17.1 Å². The Morgan fingerprint density at radius 3 is 2.36 bits per heavy atom. The van der Waals surface area contributed by atoms with Crippen molar-refractivity contribution in [2.45, 2.75) is 13.8 Å². The van der Waals surface area contributed by atoms with Gasteiger partial charge >= 0.3 is 0 Å². The van der Waals surface area contributed by atoms with Crippen LogP contribution in [-0.2, 0) is 4.79 Å². The van der Waals surface area contributed by atoms with Gasteiger partial charge < -0.3 is 4.42 Å². The quantitative estimate of drug-likeness (QED) is 0.165. The monoisotopic (exact) mass is 495 g/mol. The van der Waals surface area contributed by atoms with Gasteiger partial charge in [0.15, 0.2) is 5.17 Å². The van der Waals surface area contributed by atoms with Gasteiger partial charge in [-0.1, -0.05) is 36.4 Å². The number of nitro benzene ring substituents is 1. The molecule has 5 rings (SSSR count). The summed E-state index contributed by atoms with van der Waals surface area (Å²) in [5.41, 5.74) is 3.44. The van der Waals surface area contributed by atoms with Crippen molar-refractivity contribution >= 4 is 46.0 Å². The lowest BCUT2D eigenvalue weighted by Crippen LogP contribution is -2.28. The Bertz CT molecular complexity index is 1530. The Morgan fingerprint density at radius 1 is 0.972 bits per heavy atom. The minimum atomic E-state index is -0.392. The van der Waals surface area contributed by atoms with Crippen molar-refractivity contribution in [1.82, 2.24) is 0 Å². The number of aliphatic imine (C=N–C) groups is 1. The Morgan fingerprint density at radius 2 is 1.67 bits per heavy atom. The molecule has 36 heavy (non-hydrogen) atoms. The number of carbonyl (C=O) groups is 1. The van der Waals surface area contributed by atoms with Crippen LogP contribution in [-0.4, -0.2) is 16.0 Å². The number of thioether (sulfide) groups is 1. The van der Waals surface area contributed by atoms with Crippen molar-refractivity contribution in [2.24, 2.45) is 4.99 Å². The third kappa shape index (κ3) is 4.58. The Balaban J connectivity index is 1.52. The molecule has 1 aromatic heterocycles. The van der Waals surface area contributed by atoms with Crippen LogP contribution in [0, 0.1) is 24.0 Å². The summed E-state index contributed by atoms with van der Waals surface area (Å²) in [7, 11) is 0. The summed E-state index contributed by atoms with van der Waals surface area (Å²) in [6.07, 6.45) is 1.68. The van der Waals surface area contributed by atoms with E-state index in [0.717, 1.165) is 16.9 Å². The molecule has 4 aromatic rings. The minimum Gasteiger partial charge on any atom is -0.457 e. The lowest BCUT2D eigenvalue weighted by atomic mass is 10.0. The number of nitro groups is 1. The molecule has 8 heteroatoms. The van der Waals surface area contributed by atoms with Crippen molar-refractivity contribution in [1.29, 1.82) is 0 Å². The molecule has 1 aliphatic heterocycles. The highest BCUT2D eigenvalue weighted by Crippen LogP contribution is 2.38. The number of benzene rings is 3.